The van der Waals surface area contributed by atoms with Crippen LogP contribution >= 0.6 is 0 Å². The molecular weight excluding hydrogens is 374 g/mol. The summed E-state index contributed by atoms with van der Waals surface area (Å²) in [6.07, 6.45) is 0. The average molecular weight is 393 g/mol. The highest BCUT2D eigenvalue weighted by Crippen LogP contribution is 2.22. The van der Waals surface area contributed by atoms with Crippen molar-refractivity contribution in [1.82, 2.24) is 8.61 Å². The summed E-state index contributed by atoms with van der Waals surface area (Å²) in [5.74, 6) is -0.166. The largest absolute Gasteiger partial charge is 0.384 e. The van der Waals surface area contributed by atoms with E-state index < -0.39 is 25.0 Å². The lowest BCUT2D eigenvalue weighted by atomic mass is 10.3. The number of nitrogens with zero attached hydrogens (tertiary/aromatic N) is 3. The Morgan fingerprint density at radius 2 is 1.72 bits per heavy atom. The number of rotatable bonds is 7. The highest BCUT2D eigenvalue weighted by Gasteiger charge is 2.33. The van der Waals surface area contributed by atoms with Crippen molar-refractivity contribution in [3.05, 3.63) is 34.4 Å². The van der Waals surface area contributed by atoms with Gasteiger partial charge in [-0.15, -0.1) is 0 Å². The molecular formula is C13H19N3O7S2. The lowest BCUT2D eigenvalue weighted by Crippen LogP contribution is -2.51. The molecule has 0 spiro atoms. The summed E-state index contributed by atoms with van der Waals surface area (Å²) in [5, 5.41) is 10.8. The van der Waals surface area contributed by atoms with Crippen molar-refractivity contribution in [2.75, 3.05) is 45.6 Å². The van der Waals surface area contributed by atoms with E-state index in [9.17, 15) is 26.9 Å². The maximum atomic E-state index is 12.6. The van der Waals surface area contributed by atoms with Gasteiger partial charge in [0.15, 0.2) is 0 Å². The summed E-state index contributed by atoms with van der Waals surface area (Å²) < 4.78 is 56.5. The number of nitro benzene ring substituents is 1. The fourth-order valence-electron chi connectivity index (χ4n) is 2.41. The van der Waals surface area contributed by atoms with Crippen LogP contribution in [0.2, 0.25) is 0 Å². The minimum absolute atomic E-state index is 0.0166. The lowest BCUT2D eigenvalue weighted by Gasteiger charge is -2.33. The summed E-state index contributed by atoms with van der Waals surface area (Å²) in [6, 6.07) is 4.79. The highest BCUT2D eigenvalue weighted by atomic mass is 32.2. The number of ether oxygens (including phenoxy) is 1. The molecule has 10 nitrogen and oxygen atoms in total. The third-order valence-electron chi connectivity index (χ3n) is 3.80. The fraction of sp³-hybridized carbons (Fsp3) is 0.538. The summed E-state index contributed by atoms with van der Waals surface area (Å²) in [5.41, 5.74) is -0.318. The first-order chi connectivity index (χ1) is 11.7. The van der Waals surface area contributed by atoms with E-state index in [4.69, 9.17) is 4.74 Å². The molecule has 0 aromatic heterocycles. The van der Waals surface area contributed by atoms with E-state index in [1.807, 2.05) is 0 Å². The van der Waals surface area contributed by atoms with Crippen molar-refractivity contribution >= 4 is 25.7 Å². The minimum Gasteiger partial charge on any atom is -0.384 e. The molecule has 1 aliphatic rings. The number of benzene rings is 1. The summed E-state index contributed by atoms with van der Waals surface area (Å²) in [4.78, 5) is 9.96. The van der Waals surface area contributed by atoms with Crippen molar-refractivity contribution in [2.45, 2.75) is 4.90 Å². The standard InChI is InChI=1S/C13H19N3O7S2/c1-23-9-10-24(19,20)14-5-7-15(8-6-14)25(21,22)13-4-2-3-12(11-13)16(17)18/h2-4,11H,5-10H2,1H3. The van der Waals surface area contributed by atoms with Gasteiger partial charge in [-0.1, -0.05) is 6.07 Å². The Labute approximate surface area is 146 Å². The van der Waals surface area contributed by atoms with E-state index in [2.05, 4.69) is 0 Å². The van der Waals surface area contributed by atoms with Crippen LogP contribution in [0, 0.1) is 10.1 Å². The Morgan fingerprint density at radius 3 is 2.28 bits per heavy atom. The second-order valence-electron chi connectivity index (χ2n) is 5.37. The van der Waals surface area contributed by atoms with Crippen LogP contribution in [-0.2, 0) is 24.8 Å². The average Bonchev–Trinajstić information content (AvgIpc) is 2.60. The zero-order valence-corrected chi connectivity index (χ0v) is 15.2. The molecule has 0 bridgehead atoms. The fourth-order valence-corrected chi connectivity index (χ4v) is 5.23. The smallest absolute Gasteiger partial charge is 0.270 e. The van der Waals surface area contributed by atoms with E-state index in [0.717, 1.165) is 10.4 Å². The first-order valence-corrected chi connectivity index (χ1v) is 10.4. The van der Waals surface area contributed by atoms with Gasteiger partial charge in [0.1, 0.15) is 0 Å². The topological polar surface area (TPSA) is 127 Å². The van der Waals surface area contributed by atoms with Crippen LogP contribution in [-0.4, -0.2) is 76.0 Å². The predicted molar refractivity (Wildman–Crippen MR) is 89.1 cm³/mol. The zero-order valence-electron chi connectivity index (χ0n) is 13.6. The van der Waals surface area contributed by atoms with Gasteiger partial charge in [0.25, 0.3) is 5.69 Å². The van der Waals surface area contributed by atoms with Crippen molar-refractivity contribution in [1.29, 1.82) is 0 Å². The maximum absolute atomic E-state index is 12.6. The Hall–Kier alpha value is -1.60. The molecule has 1 saturated heterocycles. The van der Waals surface area contributed by atoms with Gasteiger partial charge in [-0.25, -0.2) is 16.8 Å². The van der Waals surface area contributed by atoms with Gasteiger partial charge < -0.3 is 4.74 Å². The van der Waals surface area contributed by atoms with E-state index >= 15 is 0 Å². The molecule has 1 aromatic rings. The molecule has 25 heavy (non-hydrogen) atoms. The molecule has 12 heteroatoms. The van der Waals surface area contributed by atoms with Gasteiger partial charge in [0.05, 0.1) is 22.2 Å². The van der Waals surface area contributed by atoms with Gasteiger partial charge in [0, 0.05) is 45.4 Å². The molecule has 2 rings (SSSR count). The Morgan fingerprint density at radius 1 is 1.12 bits per heavy atom. The van der Waals surface area contributed by atoms with Crippen molar-refractivity contribution in [3.63, 3.8) is 0 Å². The van der Waals surface area contributed by atoms with Gasteiger partial charge in [-0.05, 0) is 6.07 Å². The number of non-ortho nitro benzene ring substituents is 1. The first-order valence-electron chi connectivity index (χ1n) is 7.40. The molecule has 1 heterocycles. The molecule has 0 radical (unpaired) electrons. The Bertz CT molecular complexity index is 831. The SMILES string of the molecule is COCCS(=O)(=O)N1CCN(S(=O)(=O)c2cccc([N+](=O)[O-])c2)CC1. The molecule has 1 aromatic carbocycles. The monoisotopic (exact) mass is 393 g/mol. The van der Waals surface area contributed by atoms with Crippen LogP contribution in [0.3, 0.4) is 0 Å². The molecule has 1 fully saturated rings. The third kappa shape index (κ3) is 4.52. The van der Waals surface area contributed by atoms with Crippen LogP contribution in [0.15, 0.2) is 29.2 Å². The Balaban J connectivity index is 2.11. The van der Waals surface area contributed by atoms with Gasteiger partial charge >= 0.3 is 0 Å². The van der Waals surface area contributed by atoms with Crippen LogP contribution in [0.4, 0.5) is 5.69 Å². The van der Waals surface area contributed by atoms with Crippen molar-refractivity contribution in [2.24, 2.45) is 0 Å². The first kappa shape index (κ1) is 19.7. The normalized spacial score (nSPS) is 17.5. The second kappa shape index (κ2) is 7.74. The number of piperazine rings is 1. The number of hydrogen-bond donors (Lipinski definition) is 0. The summed E-state index contributed by atoms with van der Waals surface area (Å²) in [6.45, 7) is 0.0867. The number of hydrogen-bond acceptors (Lipinski definition) is 7. The van der Waals surface area contributed by atoms with Gasteiger partial charge in [0.2, 0.25) is 20.0 Å². The molecule has 0 aliphatic carbocycles. The molecule has 0 atom stereocenters. The van der Waals surface area contributed by atoms with E-state index in [1.54, 1.807) is 0 Å². The van der Waals surface area contributed by atoms with E-state index in [1.165, 1.54) is 29.6 Å². The zero-order chi connectivity index (χ0) is 18.7. The predicted octanol–water partition coefficient (Wildman–Crippen LogP) is -0.123. The highest BCUT2D eigenvalue weighted by molar-refractivity contribution is 7.89. The molecule has 0 unspecified atom stereocenters. The van der Waals surface area contributed by atoms with Crippen molar-refractivity contribution < 1.29 is 26.5 Å². The van der Waals surface area contributed by atoms with Gasteiger partial charge in [-0.3, -0.25) is 10.1 Å². The number of sulfonamides is 2. The van der Waals surface area contributed by atoms with Crippen LogP contribution < -0.4 is 0 Å². The molecule has 1 aliphatic heterocycles. The van der Waals surface area contributed by atoms with Gasteiger partial charge in [-0.2, -0.15) is 8.61 Å². The van der Waals surface area contributed by atoms with E-state index in [0.29, 0.717) is 0 Å². The maximum Gasteiger partial charge on any atom is 0.270 e. The third-order valence-corrected chi connectivity index (χ3v) is 7.53. The minimum atomic E-state index is -3.92. The Kier molecular flexibility index (Phi) is 6.11. The molecule has 0 amide bonds. The molecule has 0 N–H and O–H groups in total. The molecule has 140 valence electrons. The number of methoxy groups -OCH3 is 1. The summed E-state index contributed by atoms with van der Waals surface area (Å²) in [7, 11) is -6.02. The van der Waals surface area contributed by atoms with E-state index in [-0.39, 0.29) is 49.1 Å². The van der Waals surface area contributed by atoms with Crippen LogP contribution in [0.1, 0.15) is 0 Å². The lowest BCUT2D eigenvalue weighted by molar-refractivity contribution is -0.385. The quantitative estimate of drug-likeness (QED) is 0.466. The second-order valence-corrected chi connectivity index (χ2v) is 9.39. The molecule has 0 saturated carbocycles. The summed E-state index contributed by atoms with van der Waals surface area (Å²) >= 11 is 0. The number of nitro groups is 1. The van der Waals surface area contributed by atoms with Crippen LogP contribution in [0.25, 0.3) is 0 Å². The van der Waals surface area contributed by atoms with Crippen LogP contribution in [0.5, 0.6) is 0 Å². The van der Waals surface area contributed by atoms with Crippen molar-refractivity contribution in [3.8, 4) is 0 Å².